The second-order valence-corrected chi connectivity index (χ2v) is 13.7. The summed E-state index contributed by atoms with van der Waals surface area (Å²) >= 11 is 0. The Labute approximate surface area is 226 Å². The average molecular weight is 517 g/mol. The van der Waals surface area contributed by atoms with E-state index in [0.717, 1.165) is 11.1 Å². The molecule has 1 heterocycles. The van der Waals surface area contributed by atoms with Gasteiger partial charge in [0.25, 0.3) is 0 Å². The number of hydrogen-bond donors (Lipinski definition) is 0. The number of Topliss-reactive ketones (excluding diaryl/α,β-unsaturated/α-hetero) is 4. The Hall–Kier alpha value is -2.66. The van der Waals surface area contributed by atoms with Crippen molar-refractivity contribution in [3.05, 3.63) is 59.2 Å². The molecule has 0 amide bonds. The Morgan fingerprint density at radius 2 is 1.42 bits per heavy atom. The highest BCUT2D eigenvalue weighted by atomic mass is 16.6. The molecule has 0 N–H and O–H groups in total. The van der Waals surface area contributed by atoms with E-state index in [1.54, 1.807) is 24.3 Å². The zero-order valence-electron chi connectivity index (χ0n) is 23.9. The molecule has 1 aliphatic heterocycles. The number of allylic oxidation sites excluding steroid dienone is 4. The first-order chi connectivity index (χ1) is 17.6. The van der Waals surface area contributed by atoms with Crippen molar-refractivity contribution in [2.45, 2.75) is 86.4 Å². The molecule has 1 saturated heterocycles. The first-order valence-electron chi connectivity index (χ1n) is 13.8. The van der Waals surface area contributed by atoms with Crippen molar-refractivity contribution < 1.29 is 23.9 Å². The minimum Gasteiger partial charge on any atom is -0.366 e. The highest BCUT2D eigenvalue weighted by Crippen LogP contribution is 2.77. The van der Waals surface area contributed by atoms with Gasteiger partial charge in [0.15, 0.2) is 28.5 Å². The number of ketones is 4. The Kier molecular flexibility index (Phi) is 5.79. The molecule has 4 aliphatic carbocycles. The molecule has 202 valence electrons. The van der Waals surface area contributed by atoms with E-state index >= 15 is 4.79 Å². The lowest BCUT2D eigenvalue weighted by atomic mass is 9.26. The van der Waals surface area contributed by atoms with E-state index in [9.17, 15) is 14.4 Å². The van der Waals surface area contributed by atoms with Gasteiger partial charge < -0.3 is 4.74 Å². The SMILES string of the molecule is CC(C)=CC[C@]12C[C@@H]3[C@H]([C@H]4OC4(C)C)[C@](CC=C(C)C)(C1=O)C(=O)[C@](C(=O)c1ccccc1)(C2=O)C3(C)C. The standard InChI is InChI=1S/C33H40O5/c1-19(2)14-16-31-18-22-23(25-30(7,8)38-25)32(26(31)35,17-15-20(3)4)28(37)33(27(31)36,29(22,5)6)24(34)21-12-10-9-11-13-21/h9-15,22-23,25H,16-18H2,1-8H3/t22-,23-,25-,31+,32-,33+/m1/s1. The monoisotopic (exact) mass is 516 g/mol. The Balaban J connectivity index is 1.86. The fourth-order valence-corrected chi connectivity index (χ4v) is 8.24. The highest BCUT2D eigenvalue weighted by molar-refractivity contribution is 6.42. The van der Waals surface area contributed by atoms with Gasteiger partial charge in [-0.3, -0.25) is 19.2 Å². The molecule has 0 unspecified atom stereocenters. The molecule has 6 rings (SSSR count). The van der Waals surface area contributed by atoms with Gasteiger partial charge in [0.2, 0.25) is 0 Å². The van der Waals surface area contributed by atoms with Gasteiger partial charge in [-0.1, -0.05) is 67.5 Å². The first-order valence-corrected chi connectivity index (χ1v) is 13.8. The Morgan fingerprint density at radius 3 is 1.95 bits per heavy atom. The van der Waals surface area contributed by atoms with Crippen molar-refractivity contribution >= 4 is 23.1 Å². The maximum absolute atomic E-state index is 15.2. The average Bonchev–Trinajstić information content (AvgIpc) is 3.48. The van der Waals surface area contributed by atoms with Gasteiger partial charge in [-0.15, -0.1) is 0 Å². The fraction of sp³-hybridized carbons (Fsp3) is 0.576. The number of carbonyl (C=O) groups excluding carboxylic acids is 4. The normalized spacial score (nSPS) is 37.7. The molecule has 5 nitrogen and oxygen atoms in total. The van der Waals surface area contributed by atoms with Gasteiger partial charge >= 0.3 is 0 Å². The van der Waals surface area contributed by atoms with E-state index in [-0.39, 0.29) is 30.6 Å². The maximum Gasteiger partial charge on any atom is 0.184 e. The van der Waals surface area contributed by atoms with Gasteiger partial charge in [0.05, 0.1) is 22.5 Å². The molecular formula is C33H40O5. The molecular weight excluding hydrogens is 476 g/mol. The van der Waals surface area contributed by atoms with Crippen LogP contribution in [-0.2, 0) is 19.1 Å². The van der Waals surface area contributed by atoms with Gasteiger partial charge in [-0.05, 0) is 72.1 Å². The lowest BCUT2D eigenvalue weighted by Gasteiger charge is -2.71. The third-order valence-corrected chi connectivity index (χ3v) is 10.3. The summed E-state index contributed by atoms with van der Waals surface area (Å²) in [7, 11) is 0. The number of rotatable bonds is 7. The van der Waals surface area contributed by atoms with Gasteiger partial charge in [-0.2, -0.15) is 0 Å². The third kappa shape index (κ3) is 3.08. The van der Waals surface area contributed by atoms with Crippen molar-refractivity contribution in [1.29, 1.82) is 0 Å². The number of carbonyl (C=O) groups is 4. The van der Waals surface area contributed by atoms with Crippen LogP contribution in [0.15, 0.2) is 53.6 Å². The molecule has 4 saturated carbocycles. The van der Waals surface area contributed by atoms with Gasteiger partial charge in [0, 0.05) is 11.5 Å². The number of benzene rings is 1. The quantitative estimate of drug-likeness (QED) is 0.189. The van der Waals surface area contributed by atoms with E-state index < -0.39 is 50.5 Å². The lowest BCUT2D eigenvalue weighted by Crippen LogP contribution is -2.84. The smallest absolute Gasteiger partial charge is 0.184 e. The van der Waals surface area contributed by atoms with Crippen LogP contribution in [0.4, 0.5) is 0 Å². The molecule has 0 spiro atoms. The Morgan fingerprint density at radius 1 is 0.868 bits per heavy atom. The summed E-state index contributed by atoms with van der Waals surface area (Å²) in [4.78, 5) is 59.5. The number of hydrogen-bond acceptors (Lipinski definition) is 5. The summed E-state index contributed by atoms with van der Waals surface area (Å²) in [5, 5.41) is 0. The Bertz CT molecular complexity index is 1310. The van der Waals surface area contributed by atoms with Crippen molar-refractivity contribution in [2.75, 3.05) is 0 Å². The van der Waals surface area contributed by atoms with E-state index in [1.165, 1.54) is 0 Å². The predicted octanol–water partition coefficient (Wildman–Crippen LogP) is 6.12. The van der Waals surface area contributed by atoms with Crippen molar-refractivity contribution in [2.24, 2.45) is 33.5 Å². The van der Waals surface area contributed by atoms with Crippen LogP contribution in [0.1, 0.15) is 85.0 Å². The first kappa shape index (κ1) is 26.9. The molecule has 38 heavy (non-hydrogen) atoms. The van der Waals surface area contributed by atoms with Crippen LogP contribution in [0.2, 0.25) is 0 Å². The molecule has 1 aromatic carbocycles. The minimum atomic E-state index is -1.92. The lowest BCUT2D eigenvalue weighted by molar-refractivity contribution is -0.215. The van der Waals surface area contributed by atoms with Crippen LogP contribution in [-0.4, -0.2) is 34.8 Å². The van der Waals surface area contributed by atoms with E-state index in [1.807, 2.05) is 73.6 Å². The largest absolute Gasteiger partial charge is 0.366 e. The molecule has 6 atom stereocenters. The third-order valence-electron chi connectivity index (χ3n) is 10.3. The second kappa shape index (κ2) is 8.17. The summed E-state index contributed by atoms with van der Waals surface area (Å²) in [6.45, 7) is 15.6. The molecule has 4 bridgehead atoms. The minimum absolute atomic E-state index is 0.188. The summed E-state index contributed by atoms with van der Waals surface area (Å²) in [5.41, 5.74) is -3.94. The topological polar surface area (TPSA) is 80.8 Å². The van der Waals surface area contributed by atoms with Crippen LogP contribution >= 0.6 is 0 Å². The van der Waals surface area contributed by atoms with Gasteiger partial charge in [0.1, 0.15) is 0 Å². The summed E-state index contributed by atoms with van der Waals surface area (Å²) in [5.74, 6) is -2.37. The number of ether oxygens (including phenoxy) is 1. The summed E-state index contributed by atoms with van der Waals surface area (Å²) in [6.07, 6.45) is 4.34. The fourth-order valence-electron chi connectivity index (χ4n) is 8.24. The number of epoxide rings is 1. The van der Waals surface area contributed by atoms with Crippen LogP contribution in [0.25, 0.3) is 0 Å². The highest BCUT2D eigenvalue weighted by Gasteiger charge is 2.88. The van der Waals surface area contributed by atoms with Crippen LogP contribution < -0.4 is 0 Å². The van der Waals surface area contributed by atoms with E-state index in [2.05, 4.69) is 0 Å². The van der Waals surface area contributed by atoms with E-state index in [4.69, 9.17) is 4.74 Å². The van der Waals surface area contributed by atoms with Gasteiger partial charge in [-0.25, -0.2) is 0 Å². The summed E-state index contributed by atoms with van der Waals surface area (Å²) in [6, 6.07) is 8.67. The molecule has 5 heteroatoms. The summed E-state index contributed by atoms with van der Waals surface area (Å²) < 4.78 is 6.18. The molecule has 0 aromatic heterocycles. The molecule has 1 aromatic rings. The van der Waals surface area contributed by atoms with Crippen LogP contribution in [0, 0.1) is 33.5 Å². The van der Waals surface area contributed by atoms with Crippen molar-refractivity contribution in [3.63, 3.8) is 0 Å². The maximum atomic E-state index is 15.2. The van der Waals surface area contributed by atoms with E-state index in [0.29, 0.717) is 12.0 Å². The second-order valence-electron chi connectivity index (χ2n) is 13.7. The van der Waals surface area contributed by atoms with Crippen LogP contribution in [0.3, 0.4) is 0 Å². The zero-order valence-corrected chi connectivity index (χ0v) is 23.9. The molecule has 0 radical (unpaired) electrons. The zero-order chi connectivity index (χ0) is 28.1. The van der Waals surface area contributed by atoms with Crippen LogP contribution in [0.5, 0.6) is 0 Å². The molecule has 5 fully saturated rings. The molecule has 5 aliphatic rings. The van der Waals surface area contributed by atoms with Crippen molar-refractivity contribution in [3.8, 4) is 0 Å². The van der Waals surface area contributed by atoms with Crippen molar-refractivity contribution in [1.82, 2.24) is 0 Å². The predicted molar refractivity (Wildman–Crippen MR) is 146 cm³/mol.